The SMILES string of the molecule is O=C(Cn1cnc2ccc(Cl)cc2c1=O)N1CCN(S(=O)(=O)/C=C/c2ccccc2)CC1. The molecule has 0 saturated carbocycles. The Balaban J connectivity index is 1.40. The van der Waals surface area contributed by atoms with Crippen LogP contribution in [0, 0.1) is 0 Å². The molecule has 2 aromatic carbocycles. The van der Waals surface area contributed by atoms with Crippen molar-refractivity contribution in [1.29, 1.82) is 0 Å². The van der Waals surface area contributed by atoms with Gasteiger partial charge >= 0.3 is 0 Å². The van der Waals surface area contributed by atoms with E-state index in [1.807, 2.05) is 30.3 Å². The molecule has 0 bridgehead atoms. The Bertz CT molecular complexity index is 1330. The summed E-state index contributed by atoms with van der Waals surface area (Å²) in [5.41, 5.74) is 0.948. The van der Waals surface area contributed by atoms with E-state index >= 15 is 0 Å². The molecule has 1 amide bonds. The quantitative estimate of drug-likeness (QED) is 0.567. The third kappa shape index (κ3) is 4.90. The van der Waals surface area contributed by atoms with Crippen molar-refractivity contribution in [3.05, 3.63) is 81.2 Å². The number of aromatic nitrogens is 2. The number of amides is 1. The topological polar surface area (TPSA) is 92.6 Å². The molecule has 0 spiro atoms. The maximum atomic E-state index is 12.7. The molecule has 32 heavy (non-hydrogen) atoms. The number of sulfonamides is 1. The number of hydrogen-bond donors (Lipinski definition) is 0. The molecule has 1 fully saturated rings. The van der Waals surface area contributed by atoms with Crippen LogP contribution in [0.3, 0.4) is 0 Å². The van der Waals surface area contributed by atoms with Gasteiger partial charge in [0.1, 0.15) is 6.54 Å². The first kappa shape index (κ1) is 22.2. The van der Waals surface area contributed by atoms with Crippen molar-refractivity contribution in [2.45, 2.75) is 6.54 Å². The summed E-state index contributed by atoms with van der Waals surface area (Å²) in [5.74, 6) is -0.271. The zero-order valence-corrected chi connectivity index (χ0v) is 18.7. The Kier molecular flexibility index (Phi) is 6.40. The first-order chi connectivity index (χ1) is 15.3. The first-order valence-electron chi connectivity index (χ1n) is 9.99. The normalized spacial score (nSPS) is 15.5. The molecular weight excluding hydrogens is 452 g/mol. The van der Waals surface area contributed by atoms with E-state index in [9.17, 15) is 18.0 Å². The van der Waals surface area contributed by atoms with Crippen LogP contribution in [0.1, 0.15) is 5.56 Å². The van der Waals surface area contributed by atoms with Crippen molar-refractivity contribution >= 4 is 44.5 Å². The molecule has 166 valence electrons. The number of piperazine rings is 1. The monoisotopic (exact) mass is 472 g/mol. The van der Waals surface area contributed by atoms with Crippen LogP contribution in [0.4, 0.5) is 0 Å². The van der Waals surface area contributed by atoms with E-state index < -0.39 is 10.0 Å². The second kappa shape index (κ2) is 9.23. The largest absolute Gasteiger partial charge is 0.338 e. The Morgan fingerprint density at radius 2 is 1.78 bits per heavy atom. The van der Waals surface area contributed by atoms with Gasteiger partial charge in [-0.05, 0) is 29.8 Å². The minimum atomic E-state index is -3.59. The van der Waals surface area contributed by atoms with Gasteiger partial charge in [0.15, 0.2) is 0 Å². The maximum Gasteiger partial charge on any atom is 0.261 e. The van der Waals surface area contributed by atoms with E-state index in [2.05, 4.69) is 4.98 Å². The summed E-state index contributed by atoms with van der Waals surface area (Å²) in [5, 5.41) is 1.94. The number of carbonyl (C=O) groups excluding carboxylic acids is 1. The number of halogens is 1. The molecule has 4 rings (SSSR count). The summed E-state index contributed by atoms with van der Waals surface area (Å²) in [4.78, 5) is 31.2. The molecule has 1 aromatic heterocycles. The summed E-state index contributed by atoms with van der Waals surface area (Å²) in [7, 11) is -3.59. The van der Waals surface area contributed by atoms with Crippen molar-refractivity contribution in [3.8, 4) is 0 Å². The molecule has 0 unspecified atom stereocenters. The third-order valence-corrected chi connectivity index (χ3v) is 7.07. The highest BCUT2D eigenvalue weighted by Crippen LogP contribution is 2.15. The molecule has 0 atom stereocenters. The second-order valence-electron chi connectivity index (χ2n) is 7.38. The van der Waals surface area contributed by atoms with Gasteiger partial charge in [0.25, 0.3) is 5.56 Å². The highest BCUT2D eigenvalue weighted by atomic mass is 35.5. The van der Waals surface area contributed by atoms with Crippen molar-refractivity contribution in [2.75, 3.05) is 26.2 Å². The summed E-state index contributed by atoms with van der Waals surface area (Å²) >= 11 is 5.97. The molecule has 8 nitrogen and oxygen atoms in total. The fourth-order valence-electron chi connectivity index (χ4n) is 3.50. The van der Waals surface area contributed by atoms with Crippen molar-refractivity contribution in [2.24, 2.45) is 0 Å². The van der Waals surface area contributed by atoms with Gasteiger partial charge in [-0.25, -0.2) is 13.4 Å². The number of fused-ring (bicyclic) bond motifs is 1. The fraction of sp³-hybridized carbons (Fsp3) is 0.227. The van der Waals surface area contributed by atoms with Crippen LogP contribution >= 0.6 is 11.6 Å². The molecular formula is C22H21ClN4O4S. The minimum Gasteiger partial charge on any atom is -0.338 e. The molecule has 0 N–H and O–H groups in total. The van der Waals surface area contributed by atoms with E-state index in [1.54, 1.807) is 23.1 Å². The van der Waals surface area contributed by atoms with Gasteiger partial charge in [-0.3, -0.25) is 14.2 Å². The number of nitrogens with zero attached hydrogens (tertiary/aromatic N) is 4. The van der Waals surface area contributed by atoms with E-state index in [0.717, 1.165) is 5.56 Å². The second-order valence-corrected chi connectivity index (χ2v) is 9.63. The van der Waals surface area contributed by atoms with E-state index in [1.165, 1.54) is 26.7 Å². The molecule has 0 radical (unpaired) electrons. The molecule has 1 aliphatic heterocycles. The predicted octanol–water partition coefficient (Wildman–Crippen LogP) is 2.19. The number of hydrogen-bond acceptors (Lipinski definition) is 5. The molecule has 1 saturated heterocycles. The van der Waals surface area contributed by atoms with Crippen LogP contribution in [0.5, 0.6) is 0 Å². The third-order valence-electron chi connectivity index (χ3n) is 5.27. The van der Waals surface area contributed by atoms with Gasteiger partial charge in [0.2, 0.25) is 15.9 Å². The van der Waals surface area contributed by atoms with Crippen LogP contribution in [0.2, 0.25) is 5.02 Å². The van der Waals surface area contributed by atoms with Gasteiger partial charge in [0, 0.05) is 36.6 Å². The Hall–Kier alpha value is -3.01. The Labute approximate surface area is 190 Å². The zero-order chi connectivity index (χ0) is 22.7. The van der Waals surface area contributed by atoms with Crippen molar-refractivity contribution in [3.63, 3.8) is 0 Å². The number of benzene rings is 2. The number of rotatable bonds is 5. The fourth-order valence-corrected chi connectivity index (χ4v) is 4.84. The molecule has 0 aliphatic carbocycles. The zero-order valence-electron chi connectivity index (χ0n) is 17.1. The van der Waals surface area contributed by atoms with E-state index in [0.29, 0.717) is 15.9 Å². The van der Waals surface area contributed by atoms with E-state index in [4.69, 9.17) is 11.6 Å². The van der Waals surface area contributed by atoms with Gasteiger partial charge in [-0.2, -0.15) is 4.31 Å². The van der Waals surface area contributed by atoms with Crippen molar-refractivity contribution in [1.82, 2.24) is 18.8 Å². The molecule has 2 heterocycles. The van der Waals surface area contributed by atoms with Gasteiger partial charge in [-0.15, -0.1) is 0 Å². The highest BCUT2D eigenvalue weighted by molar-refractivity contribution is 7.92. The van der Waals surface area contributed by atoms with Crippen LogP contribution in [0.15, 0.2) is 65.1 Å². The van der Waals surface area contributed by atoms with E-state index in [-0.39, 0.29) is 44.2 Å². The number of carbonyl (C=O) groups is 1. The summed E-state index contributed by atoms with van der Waals surface area (Å²) in [6, 6.07) is 14.0. The average Bonchev–Trinajstić information content (AvgIpc) is 2.81. The summed E-state index contributed by atoms with van der Waals surface area (Å²) in [6.45, 7) is 0.702. The summed E-state index contributed by atoms with van der Waals surface area (Å²) in [6.07, 6.45) is 2.89. The lowest BCUT2D eigenvalue weighted by Gasteiger charge is -2.33. The van der Waals surface area contributed by atoms with Crippen LogP contribution in [0.25, 0.3) is 17.0 Å². The average molecular weight is 473 g/mol. The smallest absolute Gasteiger partial charge is 0.261 e. The Morgan fingerprint density at radius 3 is 2.50 bits per heavy atom. The molecule has 10 heteroatoms. The van der Waals surface area contributed by atoms with Crippen LogP contribution in [-0.2, 0) is 21.4 Å². The first-order valence-corrected chi connectivity index (χ1v) is 11.9. The van der Waals surface area contributed by atoms with Crippen molar-refractivity contribution < 1.29 is 13.2 Å². The van der Waals surface area contributed by atoms with Crippen LogP contribution < -0.4 is 5.56 Å². The molecule has 3 aromatic rings. The lowest BCUT2D eigenvalue weighted by atomic mass is 10.2. The van der Waals surface area contributed by atoms with Gasteiger partial charge in [0.05, 0.1) is 17.2 Å². The Morgan fingerprint density at radius 1 is 1.06 bits per heavy atom. The van der Waals surface area contributed by atoms with Crippen LogP contribution in [-0.4, -0.2) is 59.3 Å². The standard InChI is InChI=1S/C22H21ClN4O4S/c23-18-6-7-20-19(14-18)22(29)26(16-24-20)15-21(28)25-9-11-27(12-10-25)32(30,31)13-8-17-4-2-1-3-5-17/h1-8,13-14,16H,9-12,15H2/b13-8+. The lowest BCUT2D eigenvalue weighted by molar-refractivity contribution is -0.133. The highest BCUT2D eigenvalue weighted by Gasteiger charge is 2.27. The molecule has 1 aliphatic rings. The summed E-state index contributed by atoms with van der Waals surface area (Å²) < 4.78 is 27.8. The maximum absolute atomic E-state index is 12.7. The predicted molar refractivity (Wildman–Crippen MR) is 124 cm³/mol. The van der Waals surface area contributed by atoms with Gasteiger partial charge in [-0.1, -0.05) is 41.9 Å². The van der Waals surface area contributed by atoms with Gasteiger partial charge < -0.3 is 4.90 Å². The minimum absolute atomic E-state index is 0.172. The lowest BCUT2D eigenvalue weighted by Crippen LogP contribution is -2.51.